The number of pyridine rings is 1. The third-order valence-electron chi connectivity index (χ3n) is 6.88. The number of rotatable bonds is 7. The Morgan fingerprint density at radius 1 is 0.941 bits per heavy atom. The van der Waals surface area contributed by atoms with E-state index in [4.69, 9.17) is 21.1 Å². The van der Waals surface area contributed by atoms with E-state index in [1.807, 2.05) is 54.7 Å². The summed E-state index contributed by atoms with van der Waals surface area (Å²) < 4.78 is 12.3. The van der Waals surface area contributed by atoms with Crippen LogP contribution in [0.3, 0.4) is 0 Å². The van der Waals surface area contributed by atoms with Crippen LogP contribution in [0.4, 0.5) is 5.82 Å². The number of nitrogens with zero attached hydrogens (tertiary/aromatic N) is 3. The van der Waals surface area contributed by atoms with E-state index in [1.165, 1.54) is 5.56 Å². The van der Waals surface area contributed by atoms with Crippen LogP contribution in [0.15, 0.2) is 79.0 Å². The van der Waals surface area contributed by atoms with E-state index in [-0.39, 0.29) is 6.10 Å². The molecule has 2 aliphatic rings. The molecule has 34 heavy (non-hydrogen) atoms. The summed E-state index contributed by atoms with van der Waals surface area (Å²) in [5, 5.41) is 0.778. The van der Waals surface area contributed by atoms with Crippen LogP contribution in [0.5, 0.6) is 5.75 Å². The standard InChI is InChI=1S/C28H32ClN3O2/c29-23-11-9-22(10-12-23)18-25-20-33-27(21-34-26-6-2-1-3-7-26)19-32(25)24-13-16-31(17-14-24)28-8-4-5-15-30-28/h1-12,15,24-25,27H,13-14,16-21H2/t25?,27-/m1/s1. The lowest BCUT2D eigenvalue weighted by Crippen LogP contribution is -2.58. The molecule has 0 saturated carbocycles. The summed E-state index contributed by atoms with van der Waals surface area (Å²) in [6.07, 6.45) is 5.16. The molecule has 5 rings (SSSR count). The summed E-state index contributed by atoms with van der Waals surface area (Å²) >= 11 is 6.11. The van der Waals surface area contributed by atoms with E-state index in [9.17, 15) is 0 Å². The number of halogens is 1. The number of para-hydroxylation sites is 1. The minimum absolute atomic E-state index is 0.0653. The first-order valence-electron chi connectivity index (χ1n) is 12.2. The van der Waals surface area contributed by atoms with E-state index in [0.29, 0.717) is 25.3 Å². The first-order chi connectivity index (χ1) is 16.7. The van der Waals surface area contributed by atoms with Crippen LogP contribution in [0.1, 0.15) is 18.4 Å². The van der Waals surface area contributed by atoms with Gasteiger partial charge in [-0.25, -0.2) is 4.98 Å². The maximum atomic E-state index is 6.31. The Hall–Kier alpha value is -2.60. The SMILES string of the molecule is Clc1ccc(CC2CO[C@@H](COc3ccccc3)CN2C2CCN(c3ccccn3)CC2)cc1. The molecule has 1 unspecified atom stereocenters. The first kappa shape index (κ1) is 23.2. The van der Waals surface area contributed by atoms with Gasteiger partial charge in [0.1, 0.15) is 24.3 Å². The van der Waals surface area contributed by atoms with Gasteiger partial charge >= 0.3 is 0 Å². The van der Waals surface area contributed by atoms with E-state index >= 15 is 0 Å². The normalized spacial score (nSPS) is 22.0. The lowest BCUT2D eigenvalue weighted by molar-refractivity contribution is -0.0946. The zero-order valence-corrected chi connectivity index (χ0v) is 20.2. The van der Waals surface area contributed by atoms with Crippen molar-refractivity contribution in [1.82, 2.24) is 9.88 Å². The predicted molar refractivity (Wildman–Crippen MR) is 137 cm³/mol. The van der Waals surface area contributed by atoms with Crippen LogP contribution >= 0.6 is 11.6 Å². The summed E-state index contributed by atoms with van der Waals surface area (Å²) in [5.41, 5.74) is 1.30. The number of morpholine rings is 1. The van der Waals surface area contributed by atoms with E-state index in [1.54, 1.807) is 0 Å². The third-order valence-corrected chi connectivity index (χ3v) is 7.13. The molecule has 2 aliphatic heterocycles. The number of hydrogen-bond acceptors (Lipinski definition) is 5. The van der Waals surface area contributed by atoms with Crippen molar-refractivity contribution in [3.05, 3.63) is 89.6 Å². The van der Waals surface area contributed by atoms with Crippen LogP contribution < -0.4 is 9.64 Å². The van der Waals surface area contributed by atoms with Crippen molar-refractivity contribution in [2.45, 2.75) is 37.5 Å². The highest BCUT2D eigenvalue weighted by Gasteiger charge is 2.35. The molecule has 2 atom stereocenters. The van der Waals surface area contributed by atoms with Gasteiger partial charge in [0.2, 0.25) is 0 Å². The molecule has 0 bridgehead atoms. The lowest BCUT2D eigenvalue weighted by Gasteiger charge is -2.47. The highest BCUT2D eigenvalue weighted by Crippen LogP contribution is 2.27. The Balaban J connectivity index is 1.25. The number of aromatic nitrogens is 1. The highest BCUT2D eigenvalue weighted by atomic mass is 35.5. The second-order valence-corrected chi connectivity index (χ2v) is 9.60. The third kappa shape index (κ3) is 5.90. The summed E-state index contributed by atoms with van der Waals surface area (Å²) in [7, 11) is 0. The molecule has 0 amide bonds. The highest BCUT2D eigenvalue weighted by molar-refractivity contribution is 6.30. The van der Waals surface area contributed by atoms with Crippen LogP contribution in [-0.4, -0.2) is 60.9 Å². The molecule has 0 N–H and O–H groups in total. The van der Waals surface area contributed by atoms with Crippen molar-refractivity contribution in [3.63, 3.8) is 0 Å². The summed E-state index contributed by atoms with van der Waals surface area (Å²) in [5.74, 6) is 1.97. The van der Waals surface area contributed by atoms with Gasteiger partial charge in [0.25, 0.3) is 0 Å². The van der Waals surface area contributed by atoms with Crippen molar-refractivity contribution in [3.8, 4) is 5.75 Å². The fourth-order valence-electron chi connectivity index (χ4n) is 5.07. The number of hydrogen-bond donors (Lipinski definition) is 0. The molecule has 3 aromatic rings. The van der Waals surface area contributed by atoms with Gasteiger partial charge in [-0.15, -0.1) is 0 Å². The molecule has 2 saturated heterocycles. The number of piperidine rings is 1. The minimum Gasteiger partial charge on any atom is -0.491 e. The summed E-state index contributed by atoms with van der Waals surface area (Å²) in [6, 6.07) is 25.2. The van der Waals surface area contributed by atoms with E-state index in [0.717, 1.165) is 55.5 Å². The molecular formula is C28H32ClN3O2. The fraction of sp³-hybridized carbons (Fsp3) is 0.393. The monoisotopic (exact) mass is 477 g/mol. The van der Waals surface area contributed by atoms with Gasteiger partial charge in [0.15, 0.2) is 0 Å². The van der Waals surface area contributed by atoms with Gasteiger partial charge in [0, 0.05) is 42.9 Å². The van der Waals surface area contributed by atoms with E-state index in [2.05, 4.69) is 39.0 Å². The number of ether oxygens (including phenoxy) is 2. The summed E-state index contributed by atoms with van der Waals surface area (Å²) in [6.45, 7) is 4.22. The van der Waals surface area contributed by atoms with Crippen molar-refractivity contribution in [2.75, 3.05) is 37.7 Å². The Kier molecular flexibility index (Phi) is 7.64. The van der Waals surface area contributed by atoms with Crippen LogP contribution in [0, 0.1) is 0 Å². The molecule has 2 fully saturated rings. The molecule has 0 aliphatic carbocycles. The lowest BCUT2D eigenvalue weighted by atomic mass is 9.96. The molecular weight excluding hydrogens is 446 g/mol. The molecule has 0 spiro atoms. The summed E-state index contributed by atoms with van der Waals surface area (Å²) in [4.78, 5) is 9.64. The zero-order valence-electron chi connectivity index (χ0n) is 19.4. The van der Waals surface area contributed by atoms with Crippen molar-refractivity contribution < 1.29 is 9.47 Å². The maximum Gasteiger partial charge on any atom is 0.128 e. The van der Waals surface area contributed by atoms with Crippen LogP contribution in [0.2, 0.25) is 5.02 Å². The van der Waals surface area contributed by atoms with Crippen molar-refractivity contribution in [1.29, 1.82) is 0 Å². The Labute approximate surface area is 207 Å². The molecule has 178 valence electrons. The van der Waals surface area contributed by atoms with Gasteiger partial charge in [-0.1, -0.05) is 48.0 Å². The van der Waals surface area contributed by atoms with Gasteiger partial charge < -0.3 is 14.4 Å². The zero-order chi connectivity index (χ0) is 23.2. The molecule has 3 heterocycles. The van der Waals surface area contributed by atoms with E-state index < -0.39 is 0 Å². The Morgan fingerprint density at radius 3 is 2.44 bits per heavy atom. The Bertz CT molecular complexity index is 1010. The second kappa shape index (κ2) is 11.2. The van der Waals surface area contributed by atoms with Crippen molar-refractivity contribution in [2.24, 2.45) is 0 Å². The van der Waals surface area contributed by atoms with Gasteiger partial charge in [-0.3, -0.25) is 4.90 Å². The van der Waals surface area contributed by atoms with Gasteiger partial charge in [-0.2, -0.15) is 0 Å². The number of benzene rings is 2. The fourth-order valence-corrected chi connectivity index (χ4v) is 5.20. The number of anilines is 1. The van der Waals surface area contributed by atoms with Crippen molar-refractivity contribution >= 4 is 17.4 Å². The Morgan fingerprint density at radius 2 is 1.71 bits per heavy atom. The molecule has 6 heteroatoms. The topological polar surface area (TPSA) is 37.8 Å². The quantitative estimate of drug-likeness (QED) is 0.473. The minimum atomic E-state index is 0.0653. The predicted octanol–water partition coefficient (Wildman–Crippen LogP) is 5.09. The molecule has 2 aromatic carbocycles. The maximum absolute atomic E-state index is 6.31. The second-order valence-electron chi connectivity index (χ2n) is 9.17. The largest absolute Gasteiger partial charge is 0.491 e. The van der Waals surface area contributed by atoms with Crippen LogP contribution in [0.25, 0.3) is 0 Å². The molecule has 0 radical (unpaired) electrons. The average molecular weight is 478 g/mol. The molecule has 5 nitrogen and oxygen atoms in total. The molecule has 1 aromatic heterocycles. The van der Waals surface area contributed by atoms with Gasteiger partial charge in [0.05, 0.1) is 6.61 Å². The first-order valence-corrected chi connectivity index (χ1v) is 12.6. The van der Waals surface area contributed by atoms with Gasteiger partial charge in [-0.05, 0) is 61.2 Å². The smallest absolute Gasteiger partial charge is 0.128 e. The average Bonchev–Trinajstić information content (AvgIpc) is 2.90. The van der Waals surface area contributed by atoms with Crippen LogP contribution in [-0.2, 0) is 11.2 Å².